The zero-order valence-corrected chi connectivity index (χ0v) is 16.4. The summed E-state index contributed by atoms with van der Waals surface area (Å²) in [6.07, 6.45) is 12.6. The number of fused-ring (bicyclic) bond motifs is 1. The average molecular weight is 401 g/mol. The molecule has 1 nitrogen and oxygen atoms in total. The van der Waals surface area contributed by atoms with Crippen LogP contribution in [-0.2, 0) is 0 Å². The quantitative estimate of drug-likeness (QED) is 0.401. The van der Waals surface area contributed by atoms with E-state index >= 15 is 0 Å². The first-order valence-electron chi connectivity index (χ1n) is 8.55. The van der Waals surface area contributed by atoms with Crippen molar-refractivity contribution in [1.29, 1.82) is 0 Å². The van der Waals surface area contributed by atoms with Crippen LogP contribution in [0.2, 0.25) is 0 Å². The van der Waals surface area contributed by atoms with Gasteiger partial charge in [0.25, 0.3) is 0 Å². The van der Waals surface area contributed by atoms with Crippen molar-refractivity contribution in [3.05, 3.63) is 24.3 Å². The van der Waals surface area contributed by atoms with E-state index in [0.29, 0.717) is 17.5 Å². The van der Waals surface area contributed by atoms with E-state index < -0.39 is 19.8 Å². The molecule has 0 aliphatic heterocycles. The summed E-state index contributed by atoms with van der Waals surface area (Å²) in [5.74, 6) is 2.98. The van der Waals surface area contributed by atoms with Crippen molar-refractivity contribution in [2.45, 2.75) is 56.5 Å². The van der Waals surface area contributed by atoms with Gasteiger partial charge >= 0.3 is 139 Å². The van der Waals surface area contributed by atoms with Crippen LogP contribution >= 0.6 is 19.8 Å². The van der Waals surface area contributed by atoms with Crippen molar-refractivity contribution < 1.29 is 0 Å². The fraction of sp³-hybridized carbons (Fsp3) is 0.789. The van der Waals surface area contributed by atoms with Gasteiger partial charge in [-0.2, -0.15) is 0 Å². The molecule has 0 spiro atoms. The molecule has 6 atom stereocenters. The molecule has 0 heterocycles. The first-order valence-corrected chi connectivity index (χ1v) is 13.5. The van der Waals surface area contributed by atoms with Crippen LogP contribution in [-0.4, -0.2) is 25.4 Å². The molecule has 1 saturated carbocycles. The molecule has 2 heteroatoms. The third kappa shape index (κ3) is 3.41. The normalized spacial score (nSPS) is 41.8. The third-order valence-corrected chi connectivity index (χ3v) is 12.3. The molecular formula is C19H32IN. The molecule has 1 fully saturated rings. The van der Waals surface area contributed by atoms with Gasteiger partial charge in [-0.15, -0.1) is 0 Å². The van der Waals surface area contributed by atoms with Gasteiger partial charge in [-0.25, -0.2) is 0 Å². The monoisotopic (exact) mass is 401 g/mol. The summed E-state index contributed by atoms with van der Waals surface area (Å²) in [4.78, 5) is 2.61. The van der Waals surface area contributed by atoms with E-state index in [4.69, 9.17) is 0 Å². The summed E-state index contributed by atoms with van der Waals surface area (Å²) in [7, 11) is 0. The van der Waals surface area contributed by atoms with Crippen molar-refractivity contribution in [2.24, 2.45) is 23.2 Å². The van der Waals surface area contributed by atoms with Crippen molar-refractivity contribution in [3.63, 3.8) is 0 Å². The van der Waals surface area contributed by atoms with Crippen molar-refractivity contribution in [3.8, 4) is 0 Å². The van der Waals surface area contributed by atoms with Crippen LogP contribution in [0.1, 0.15) is 40.5 Å². The zero-order valence-electron chi connectivity index (χ0n) is 14.3. The van der Waals surface area contributed by atoms with E-state index in [1.165, 1.54) is 17.3 Å². The van der Waals surface area contributed by atoms with E-state index in [1.54, 1.807) is 0 Å². The summed E-state index contributed by atoms with van der Waals surface area (Å²) in [6.45, 7) is 9.58. The van der Waals surface area contributed by atoms with E-state index in [2.05, 4.69) is 62.2 Å². The summed E-state index contributed by atoms with van der Waals surface area (Å²) in [5.41, 5.74) is 0.336. The van der Waals surface area contributed by atoms with Gasteiger partial charge in [0, 0.05) is 0 Å². The van der Waals surface area contributed by atoms with E-state index in [0.717, 1.165) is 21.7 Å². The van der Waals surface area contributed by atoms with Crippen LogP contribution in [0.4, 0.5) is 0 Å². The fourth-order valence-corrected chi connectivity index (χ4v) is 9.61. The third-order valence-electron chi connectivity index (χ3n) is 5.93. The molecule has 4 unspecified atom stereocenters. The Bertz CT molecular complexity index is 439. The van der Waals surface area contributed by atoms with Crippen molar-refractivity contribution in [2.75, 3.05) is 9.36 Å². The van der Waals surface area contributed by atoms with Crippen molar-refractivity contribution >= 4 is 19.8 Å². The molecule has 3 rings (SSSR count). The Balaban J connectivity index is 1.48. The molecule has 21 heavy (non-hydrogen) atoms. The van der Waals surface area contributed by atoms with Crippen molar-refractivity contribution in [1.82, 2.24) is 5.32 Å². The van der Waals surface area contributed by atoms with Crippen LogP contribution in [0.3, 0.4) is 0 Å². The number of rotatable bonds is 5. The number of hydrogen-bond acceptors (Lipinski definition) is 1. The Morgan fingerprint density at radius 2 is 2.10 bits per heavy atom. The van der Waals surface area contributed by atoms with Gasteiger partial charge in [-0.05, 0) is 0 Å². The molecule has 1 N–H and O–H groups in total. The number of allylic oxidation sites excluding steroid dienone is 2. The summed E-state index contributed by atoms with van der Waals surface area (Å²) >= 11 is -0.840. The molecular weight excluding hydrogens is 369 g/mol. The number of hydrogen-bond donors (Lipinski definition) is 1. The first-order chi connectivity index (χ1) is 9.88. The van der Waals surface area contributed by atoms with Gasteiger partial charge < -0.3 is 0 Å². The average Bonchev–Trinajstić information content (AvgIpc) is 2.95. The Morgan fingerprint density at radius 3 is 2.71 bits per heavy atom. The van der Waals surface area contributed by atoms with Gasteiger partial charge in [-0.1, -0.05) is 0 Å². The number of halogens is 1. The van der Waals surface area contributed by atoms with Gasteiger partial charge in [0.05, 0.1) is 0 Å². The Kier molecular flexibility index (Phi) is 4.58. The van der Waals surface area contributed by atoms with Crippen LogP contribution in [0.5, 0.6) is 0 Å². The predicted octanol–water partition coefficient (Wildman–Crippen LogP) is 4.67. The van der Waals surface area contributed by atoms with Gasteiger partial charge in [0.1, 0.15) is 0 Å². The molecule has 0 aromatic heterocycles. The summed E-state index contributed by atoms with van der Waals surface area (Å²) in [6, 6.07) is 1.33. The second-order valence-corrected chi connectivity index (χ2v) is 14.2. The van der Waals surface area contributed by atoms with Crippen LogP contribution in [0.25, 0.3) is 0 Å². The predicted molar refractivity (Wildman–Crippen MR) is 102 cm³/mol. The summed E-state index contributed by atoms with van der Waals surface area (Å²) in [5, 5.41) is 3.92. The van der Waals surface area contributed by atoms with Crippen LogP contribution in [0, 0.1) is 23.2 Å². The Morgan fingerprint density at radius 1 is 1.33 bits per heavy atom. The first kappa shape index (κ1) is 16.0. The van der Waals surface area contributed by atoms with Crippen LogP contribution in [0.15, 0.2) is 24.3 Å². The van der Waals surface area contributed by atoms with E-state index in [-0.39, 0.29) is 0 Å². The summed E-state index contributed by atoms with van der Waals surface area (Å²) < 4.78 is 2.43. The molecule has 0 amide bonds. The molecule has 3 aliphatic carbocycles. The van der Waals surface area contributed by atoms with Gasteiger partial charge in [0.15, 0.2) is 0 Å². The maximum atomic E-state index is 3.92. The second-order valence-electron chi connectivity index (χ2n) is 8.11. The van der Waals surface area contributed by atoms with Gasteiger partial charge in [0.2, 0.25) is 0 Å². The Hall–Kier alpha value is 0.170. The van der Waals surface area contributed by atoms with E-state index in [1.807, 2.05) is 0 Å². The zero-order chi connectivity index (χ0) is 15.2. The number of nitrogens with one attached hydrogen (secondary N) is 1. The number of alkyl halides is 3. The Labute approximate surface area is 138 Å². The standard InChI is InChI=1S/C19H32IN/c1-13(21-18-7-6-10-19(18,3)4)12-20(5)15-8-9-16-14(2)17(16)11-15/h6,8-10,13-18,21H,7,11-12H2,1-5H3/t13?,14?,15?,16-,17+,18?/m0/s1. The second kappa shape index (κ2) is 5.99. The molecule has 0 radical (unpaired) electrons. The fourth-order valence-electron chi connectivity index (χ4n) is 4.21. The molecule has 0 bridgehead atoms. The minimum atomic E-state index is -0.840. The molecule has 120 valence electrons. The minimum absolute atomic E-state index is 0.336. The maximum absolute atomic E-state index is 3.92. The molecule has 0 aromatic carbocycles. The molecule has 0 saturated heterocycles. The molecule has 0 aromatic rings. The van der Waals surface area contributed by atoms with E-state index in [9.17, 15) is 0 Å². The molecule has 3 aliphatic rings. The SMILES string of the molecule is CC(CI(C)C1C=C[C@H]2C(C)[C@H]2C1)NC1CC=CC1(C)C. The topological polar surface area (TPSA) is 12.0 Å². The van der Waals surface area contributed by atoms with Crippen LogP contribution < -0.4 is 5.32 Å². The van der Waals surface area contributed by atoms with Gasteiger partial charge in [-0.3, -0.25) is 0 Å².